The summed E-state index contributed by atoms with van der Waals surface area (Å²) in [6.45, 7) is 4.22. The van der Waals surface area contributed by atoms with Gasteiger partial charge in [-0.15, -0.1) is 12.4 Å². The monoisotopic (exact) mass is 385 g/mol. The molecule has 0 aliphatic heterocycles. The minimum absolute atomic E-state index is 0. The molecule has 0 unspecified atom stereocenters. The molecule has 0 saturated carbocycles. The van der Waals surface area contributed by atoms with E-state index in [-0.39, 0.29) is 18.3 Å². The third-order valence-electron chi connectivity index (χ3n) is 4.23. The van der Waals surface area contributed by atoms with Crippen LogP contribution >= 0.6 is 12.4 Å². The predicted molar refractivity (Wildman–Crippen MR) is 110 cm³/mol. The van der Waals surface area contributed by atoms with Crippen molar-refractivity contribution in [3.63, 3.8) is 0 Å². The molecule has 3 aromatic rings. The van der Waals surface area contributed by atoms with Crippen LogP contribution in [0.15, 0.2) is 54.6 Å². The summed E-state index contributed by atoms with van der Waals surface area (Å²) in [5.41, 5.74) is 7.77. The zero-order chi connectivity index (χ0) is 18.6. The van der Waals surface area contributed by atoms with Gasteiger partial charge in [-0.25, -0.2) is 4.98 Å². The number of carbonyl (C=O) groups excluding carboxylic acids is 1. The number of carbonyl (C=O) groups is 1. The molecule has 3 rings (SSSR count). The van der Waals surface area contributed by atoms with E-state index in [1.54, 1.807) is 0 Å². The van der Waals surface area contributed by atoms with Crippen molar-refractivity contribution < 1.29 is 4.79 Å². The molecule has 0 fully saturated rings. The molecule has 0 radical (unpaired) electrons. The van der Waals surface area contributed by atoms with Gasteiger partial charge in [-0.2, -0.15) is 5.10 Å². The van der Waals surface area contributed by atoms with Crippen LogP contribution in [-0.2, 0) is 17.8 Å². The van der Waals surface area contributed by atoms with Crippen LogP contribution in [-0.4, -0.2) is 21.1 Å². The number of hydrogen-bond acceptors (Lipinski definition) is 4. The van der Waals surface area contributed by atoms with E-state index >= 15 is 0 Å². The molecule has 7 heteroatoms. The third-order valence-corrected chi connectivity index (χ3v) is 4.23. The number of anilines is 1. The van der Waals surface area contributed by atoms with Crippen LogP contribution in [0.25, 0.3) is 11.4 Å². The molecule has 0 bridgehead atoms. The van der Waals surface area contributed by atoms with Gasteiger partial charge in [0.1, 0.15) is 5.82 Å². The lowest BCUT2D eigenvalue weighted by molar-refractivity contribution is -0.123. The van der Waals surface area contributed by atoms with Gasteiger partial charge in [0.05, 0.1) is 6.54 Å². The summed E-state index contributed by atoms with van der Waals surface area (Å²) in [7, 11) is 0. The molecule has 0 aliphatic rings. The minimum Gasteiger partial charge on any atom is -0.326 e. The molecule has 1 heterocycles. The fourth-order valence-corrected chi connectivity index (χ4v) is 2.71. The van der Waals surface area contributed by atoms with Gasteiger partial charge in [0.2, 0.25) is 5.91 Å². The quantitative estimate of drug-likeness (QED) is 0.604. The van der Waals surface area contributed by atoms with Crippen molar-refractivity contribution in [1.82, 2.24) is 15.2 Å². The minimum atomic E-state index is -0.514. The number of hydrogen-bond donors (Lipinski definition) is 3. The maximum atomic E-state index is 12.7. The van der Waals surface area contributed by atoms with Gasteiger partial charge >= 0.3 is 0 Å². The number of aromatic nitrogens is 3. The first-order valence-corrected chi connectivity index (χ1v) is 8.55. The molecule has 6 nitrogen and oxygen atoms in total. The highest BCUT2D eigenvalue weighted by atomic mass is 35.5. The first kappa shape index (κ1) is 20.6. The molecule has 0 saturated heterocycles. The van der Waals surface area contributed by atoms with Gasteiger partial charge in [0.15, 0.2) is 5.82 Å². The number of nitrogens with one attached hydrogen (secondary N) is 2. The standard InChI is InChI=1S/C20H23N5O.ClH/c1-20(2,12-14-6-4-3-5-7-14)19(26)22-16-10-8-15(9-11-16)18-23-17(13-21)24-25-18;/h3-11H,12-13,21H2,1-2H3,(H,22,26)(H,23,24,25);1H. The molecule has 2 aromatic carbocycles. The van der Waals surface area contributed by atoms with Crippen LogP contribution < -0.4 is 11.1 Å². The van der Waals surface area contributed by atoms with Crippen LogP contribution in [0.5, 0.6) is 0 Å². The topological polar surface area (TPSA) is 96.7 Å². The van der Waals surface area contributed by atoms with E-state index in [9.17, 15) is 4.79 Å². The fourth-order valence-electron chi connectivity index (χ4n) is 2.71. The number of amides is 1. The highest BCUT2D eigenvalue weighted by Crippen LogP contribution is 2.25. The van der Waals surface area contributed by atoms with Gasteiger partial charge < -0.3 is 11.1 Å². The van der Waals surface area contributed by atoms with E-state index in [4.69, 9.17) is 5.73 Å². The molecule has 0 atom stereocenters. The van der Waals surface area contributed by atoms with Crippen LogP contribution in [0.3, 0.4) is 0 Å². The average molecular weight is 386 g/mol. The largest absolute Gasteiger partial charge is 0.326 e. The number of benzene rings is 2. The normalized spacial score (nSPS) is 10.9. The average Bonchev–Trinajstić information content (AvgIpc) is 3.12. The molecular weight excluding hydrogens is 362 g/mol. The van der Waals surface area contributed by atoms with Gasteiger partial charge in [-0.3, -0.25) is 9.89 Å². The predicted octanol–water partition coefficient (Wildman–Crippen LogP) is 3.56. The Morgan fingerprint density at radius 1 is 1.11 bits per heavy atom. The van der Waals surface area contributed by atoms with Gasteiger partial charge in [-0.05, 0) is 36.2 Å². The first-order chi connectivity index (χ1) is 12.5. The van der Waals surface area contributed by atoms with Crippen LogP contribution in [0.1, 0.15) is 25.2 Å². The second kappa shape index (κ2) is 8.79. The van der Waals surface area contributed by atoms with Gasteiger partial charge in [-0.1, -0.05) is 44.2 Å². The molecule has 4 N–H and O–H groups in total. The molecule has 1 aromatic heterocycles. The Bertz CT molecular complexity index is 875. The highest BCUT2D eigenvalue weighted by molar-refractivity contribution is 5.95. The lowest BCUT2D eigenvalue weighted by atomic mass is 9.84. The highest BCUT2D eigenvalue weighted by Gasteiger charge is 2.28. The van der Waals surface area contributed by atoms with E-state index in [1.165, 1.54) is 0 Å². The van der Waals surface area contributed by atoms with Crippen molar-refractivity contribution in [1.29, 1.82) is 0 Å². The second-order valence-corrected chi connectivity index (χ2v) is 6.89. The number of aromatic amines is 1. The number of nitrogens with zero attached hydrogens (tertiary/aromatic N) is 2. The summed E-state index contributed by atoms with van der Waals surface area (Å²) >= 11 is 0. The summed E-state index contributed by atoms with van der Waals surface area (Å²) in [6.07, 6.45) is 0.677. The van der Waals surface area contributed by atoms with Crippen molar-refractivity contribution in [2.45, 2.75) is 26.8 Å². The van der Waals surface area contributed by atoms with E-state index in [2.05, 4.69) is 20.5 Å². The fraction of sp³-hybridized carbons (Fsp3) is 0.250. The summed E-state index contributed by atoms with van der Waals surface area (Å²) < 4.78 is 0. The summed E-state index contributed by atoms with van der Waals surface area (Å²) in [5.74, 6) is 1.21. The smallest absolute Gasteiger partial charge is 0.230 e. The lowest BCUT2D eigenvalue weighted by Crippen LogP contribution is -2.32. The SMILES string of the molecule is CC(C)(Cc1ccccc1)C(=O)Nc1ccc(-c2n[nH]c(CN)n2)cc1.Cl. The molecule has 0 spiro atoms. The maximum Gasteiger partial charge on any atom is 0.230 e. The Balaban J connectivity index is 0.00000261. The van der Waals surface area contributed by atoms with Gasteiger partial charge in [0, 0.05) is 16.7 Å². The molecule has 27 heavy (non-hydrogen) atoms. The Hall–Kier alpha value is -2.70. The van der Waals surface area contributed by atoms with E-state index in [1.807, 2.05) is 68.4 Å². The first-order valence-electron chi connectivity index (χ1n) is 8.55. The Morgan fingerprint density at radius 3 is 2.37 bits per heavy atom. The Labute approximate surface area is 165 Å². The number of H-pyrrole nitrogens is 1. The van der Waals surface area contributed by atoms with Crippen molar-refractivity contribution in [2.75, 3.05) is 5.32 Å². The van der Waals surface area contributed by atoms with Crippen molar-refractivity contribution in [3.05, 3.63) is 66.0 Å². The van der Waals surface area contributed by atoms with E-state index in [0.717, 1.165) is 16.8 Å². The van der Waals surface area contributed by atoms with Crippen molar-refractivity contribution in [2.24, 2.45) is 11.1 Å². The Morgan fingerprint density at radius 2 is 1.78 bits per heavy atom. The van der Waals surface area contributed by atoms with Crippen LogP contribution in [0, 0.1) is 5.41 Å². The second-order valence-electron chi connectivity index (χ2n) is 6.89. The van der Waals surface area contributed by atoms with Crippen molar-refractivity contribution >= 4 is 24.0 Å². The van der Waals surface area contributed by atoms with Crippen LogP contribution in [0.2, 0.25) is 0 Å². The summed E-state index contributed by atoms with van der Waals surface area (Å²) in [5, 5.41) is 9.91. The van der Waals surface area contributed by atoms with E-state index < -0.39 is 5.41 Å². The summed E-state index contributed by atoms with van der Waals surface area (Å²) in [4.78, 5) is 17.0. The summed E-state index contributed by atoms with van der Waals surface area (Å²) in [6, 6.07) is 17.5. The molecular formula is C20H24ClN5O. The number of nitrogens with two attached hydrogens (primary N) is 1. The zero-order valence-corrected chi connectivity index (χ0v) is 16.2. The zero-order valence-electron chi connectivity index (χ0n) is 15.4. The van der Waals surface area contributed by atoms with Crippen molar-refractivity contribution in [3.8, 4) is 11.4 Å². The third kappa shape index (κ3) is 5.15. The molecule has 0 aliphatic carbocycles. The lowest BCUT2D eigenvalue weighted by Gasteiger charge is -2.23. The molecule has 1 amide bonds. The van der Waals surface area contributed by atoms with E-state index in [0.29, 0.717) is 24.6 Å². The maximum absolute atomic E-state index is 12.7. The molecule has 142 valence electrons. The number of rotatable bonds is 6. The van der Waals surface area contributed by atoms with Crippen LogP contribution in [0.4, 0.5) is 5.69 Å². The van der Waals surface area contributed by atoms with Gasteiger partial charge in [0.25, 0.3) is 0 Å². The Kier molecular flexibility index (Phi) is 6.71. The number of halogens is 1.